The highest BCUT2D eigenvalue weighted by molar-refractivity contribution is 9.10. The van der Waals surface area contributed by atoms with Crippen molar-refractivity contribution in [2.24, 2.45) is 11.7 Å². The van der Waals surface area contributed by atoms with Gasteiger partial charge in [0.05, 0.1) is 0 Å². The lowest BCUT2D eigenvalue weighted by Crippen LogP contribution is -2.24. The lowest BCUT2D eigenvalue weighted by molar-refractivity contribution is 0.303. The van der Waals surface area contributed by atoms with E-state index in [1.165, 1.54) is 25.3 Å². The maximum absolute atomic E-state index is 13.7. The summed E-state index contributed by atoms with van der Waals surface area (Å²) >= 11 is 3.26. The minimum Gasteiger partial charge on any atom is -0.324 e. The van der Waals surface area contributed by atoms with Gasteiger partial charge in [0.1, 0.15) is 5.82 Å². The number of hydrogen-bond acceptors (Lipinski definition) is 1. The highest BCUT2D eigenvalue weighted by atomic mass is 79.9. The van der Waals surface area contributed by atoms with Gasteiger partial charge in [0, 0.05) is 16.1 Å². The van der Waals surface area contributed by atoms with Gasteiger partial charge in [-0.05, 0) is 30.9 Å². The van der Waals surface area contributed by atoms with Gasteiger partial charge in [-0.1, -0.05) is 41.3 Å². The average Bonchev–Trinajstić information content (AvgIpc) is 2.29. The van der Waals surface area contributed by atoms with E-state index >= 15 is 0 Å². The summed E-state index contributed by atoms with van der Waals surface area (Å²) < 4.78 is 14.5. The molecule has 1 fully saturated rings. The number of benzene rings is 1. The maximum Gasteiger partial charge on any atom is 0.129 e. The van der Waals surface area contributed by atoms with Crippen molar-refractivity contribution in [1.29, 1.82) is 0 Å². The Labute approximate surface area is 104 Å². The Balaban J connectivity index is 2.15. The molecule has 2 rings (SSSR count). The molecule has 16 heavy (non-hydrogen) atoms. The van der Waals surface area contributed by atoms with Crippen LogP contribution in [0.5, 0.6) is 0 Å². The van der Waals surface area contributed by atoms with E-state index < -0.39 is 0 Å². The summed E-state index contributed by atoms with van der Waals surface area (Å²) in [6.45, 7) is 0. The van der Waals surface area contributed by atoms with Crippen molar-refractivity contribution in [2.45, 2.75) is 38.1 Å². The predicted octanol–water partition coefficient (Wildman–Crippen LogP) is 4.17. The van der Waals surface area contributed by atoms with E-state index in [1.807, 2.05) is 6.07 Å². The fraction of sp³-hybridized carbons (Fsp3) is 0.538. The second kappa shape index (κ2) is 5.28. The van der Waals surface area contributed by atoms with Crippen LogP contribution in [-0.4, -0.2) is 0 Å². The van der Waals surface area contributed by atoms with Crippen LogP contribution < -0.4 is 5.73 Å². The van der Waals surface area contributed by atoms with Gasteiger partial charge in [-0.3, -0.25) is 0 Å². The third kappa shape index (κ3) is 2.64. The molecule has 1 aromatic carbocycles. The molecule has 0 aromatic heterocycles. The Morgan fingerprint density at radius 1 is 1.25 bits per heavy atom. The Bertz CT molecular complexity index is 361. The molecule has 0 unspecified atom stereocenters. The van der Waals surface area contributed by atoms with Crippen LogP contribution >= 0.6 is 15.9 Å². The van der Waals surface area contributed by atoms with Gasteiger partial charge < -0.3 is 5.73 Å². The zero-order valence-corrected chi connectivity index (χ0v) is 10.8. The number of nitrogens with two attached hydrogens (primary N) is 1. The van der Waals surface area contributed by atoms with Crippen LogP contribution in [0, 0.1) is 11.7 Å². The third-order valence-corrected chi connectivity index (χ3v) is 3.97. The molecule has 3 heteroatoms. The van der Waals surface area contributed by atoms with Gasteiger partial charge in [0.2, 0.25) is 0 Å². The monoisotopic (exact) mass is 285 g/mol. The molecule has 0 amide bonds. The van der Waals surface area contributed by atoms with Gasteiger partial charge in [0.15, 0.2) is 0 Å². The molecule has 0 spiro atoms. The molecular formula is C13H17BrFN. The highest BCUT2D eigenvalue weighted by Gasteiger charge is 2.23. The van der Waals surface area contributed by atoms with E-state index in [0.717, 1.165) is 17.3 Å². The van der Waals surface area contributed by atoms with E-state index in [-0.39, 0.29) is 11.9 Å². The standard InChI is InChI=1S/C13H17BrFN/c14-10-6-7-11(12(15)8-10)13(16)9-4-2-1-3-5-9/h6-9,13H,1-5,16H2/t13-/m1/s1. The first-order valence-corrected chi connectivity index (χ1v) is 6.68. The first-order valence-electron chi connectivity index (χ1n) is 5.89. The number of rotatable bonds is 2. The van der Waals surface area contributed by atoms with Crippen molar-refractivity contribution in [1.82, 2.24) is 0 Å². The minimum atomic E-state index is -0.188. The predicted molar refractivity (Wildman–Crippen MR) is 67.6 cm³/mol. The molecule has 0 aliphatic heterocycles. The second-order valence-electron chi connectivity index (χ2n) is 4.59. The van der Waals surface area contributed by atoms with E-state index in [9.17, 15) is 4.39 Å². The Morgan fingerprint density at radius 2 is 1.94 bits per heavy atom. The van der Waals surface area contributed by atoms with Crippen molar-refractivity contribution < 1.29 is 4.39 Å². The largest absolute Gasteiger partial charge is 0.324 e. The van der Waals surface area contributed by atoms with Crippen molar-refractivity contribution in [3.63, 3.8) is 0 Å². The molecule has 88 valence electrons. The molecule has 0 radical (unpaired) electrons. The first-order chi connectivity index (χ1) is 7.68. The molecule has 0 saturated heterocycles. The van der Waals surface area contributed by atoms with Crippen molar-refractivity contribution in [2.75, 3.05) is 0 Å². The highest BCUT2D eigenvalue weighted by Crippen LogP contribution is 2.34. The molecule has 0 bridgehead atoms. The van der Waals surface area contributed by atoms with Gasteiger partial charge in [0.25, 0.3) is 0 Å². The zero-order valence-electron chi connectivity index (χ0n) is 9.26. The zero-order chi connectivity index (χ0) is 11.5. The van der Waals surface area contributed by atoms with E-state index in [1.54, 1.807) is 6.07 Å². The minimum absolute atomic E-state index is 0.145. The maximum atomic E-state index is 13.7. The van der Waals surface area contributed by atoms with Crippen LogP contribution in [0.15, 0.2) is 22.7 Å². The van der Waals surface area contributed by atoms with E-state index in [4.69, 9.17) is 5.73 Å². The average molecular weight is 286 g/mol. The molecule has 1 nitrogen and oxygen atoms in total. The molecule has 1 aliphatic carbocycles. The van der Waals surface area contributed by atoms with Gasteiger partial charge in [-0.25, -0.2) is 4.39 Å². The third-order valence-electron chi connectivity index (χ3n) is 3.48. The van der Waals surface area contributed by atoms with Crippen molar-refractivity contribution >= 4 is 15.9 Å². The van der Waals surface area contributed by atoms with Crippen molar-refractivity contribution in [3.8, 4) is 0 Å². The molecule has 1 atom stereocenters. The quantitative estimate of drug-likeness (QED) is 0.867. The number of halogens is 2. The second-order valence-corrected chi connectivity index (χ2v) is 5.51. The summed E-state index contributed by atoms with van der Waals surface area (Å²) in [5, 5.41) is 0. The van der Waals surface area contributed by atoms with E-state index in [2.05, 4.69) is 15.9 Å². The number of hydrogen-bond donors (Lipinski definition) is 1. The van der Waals surface area contributed by atoms with E-state index in [0.29, 0.717) is 11.5 Å². The summed E-state index contributed by atoms with van der Waals surface area (Å²) in [7, 11) is 0. The summed E-state index contributed by atoms with van der Waals surface area (Å²) in [6, 6.07) is 5.02. The van der Waals surface area contributed by atoms with Gasteiger partial charge in [-0.15, -0.1) is 0 Å². The van der Waals surface area contributed by atoms with Crippen LogP contribution in [0.3, 0.4) is 0 Å². The van der Waals surface area contributed by atoms with Crippen LogP contribution in [0.4, 0.5) is 4.39 Å². The van der Waals surface area contributed by atoms with Crippen LogP contribution in [0.1, 0.15) is 43.7 Å². The smallest absolute Gasteiger partial charge is 0.129 e. The van der Waals surface area contributed by atoms with Crippen LogP contribution in [0.25, 0.3) is 0 Å². The summed E-state index contributed by atoms with van der Waals surface area (Å²) in [5.41, 5.74) is 6.83. The molecule has 1 aromatic rings. The summed E-state index contributed by atoms with van der Waals surface area (Å²) in [6.07, 6.45) is 6.03. The fourth-order valence-corrected chi connectivity index (χ4v) is 2.85. The molecule has 2 N–H and O–H groups in total. The van der Waals surface area contributed by atoms with Crippen LogP contribution in [0.2, 0.25) is 0 Å². The summed E-state index contributed by atoms with van der Waals surface area (Å²) in [4.78, 5) is 0. The normalized spacial score (nSPS) is 19.7. The SMILES string of the molecule is N[C@@H](c1ccc(Br)cc1F)C1CCCCC1. The van der Waals surface area contributed by atoms with Gasteiger partial charge >= 0.3 is 0 Å². The molecule has 1 saturated carbocycles. The topological polar surface area (TPSA) is 26.0 Å². The Hall–Kier alpha value is -0.410. The molecular weight excluding hydrogens is 269 g/mol. The van der Waals surface area contributed by atoms with Gasteiger partial charge in [-0.2, -0.15) is 0 Å². The lowest BCUT2D eigenvalue weighted by atomic mass is 9.81. The van der Waals surface area contributed by atoms with Crippen molar-refractivity contribution in [3.05, 3.63) is 34.1 Å². The fourth-order valence-electron chi connectivity index (χ4n) is 2.52. The lowest BCUT2D eigenvalue weighted by Gasteiger charge is -2.28. The summed E-state index contributed by atoms with van der Waals surface area (Å²) in [5.74, 6) is 0.261. The molecule has 0 heterocycles. The Kier molecular flexibility index (Phi) is 3.98. The molecule has 1 aliphatic rings. The Morgan fingerprint density at radius 3 is 2.56 bits per heavy atom. The van der Waals surface area contributed by atoms with Crippen LogP contribution in [-0.2, 0) is 0 Å². The first kappa shape index (κ1) is 12.1.